The van der Waals surface area contributed by atoms with Crippen molar-refractivity contribution in [1.82, 2.24) is 29.6 Å². The van der Waals surface area contributed by atoms with Gasteiger partial charge in [0.2, 0.25) is 11.1 Å². The number of nitrogens with one attached hydrogen (secondary N) is 1. The molecule has 0 aliphatic rings. The van der Waals surface area contributed by atoms with Crippen LogP contribution in [0.3, 0.4) is 0 Å². The van der Waals surface area contributed by atoms with E-state index in [4.69, 9.17) is 17.4 Å². The second-order valence-electron chi connectivity index (χ2n) is 6.59. The van der Waals surface area contributed by atoms with Gasteiger partial charge in [-0.1, -0.05) is 23.4 Å². The number of amides is 1. The molecular weight excluding hydrogens is 481 g/mol. The quantitative estimate of drug-likeness (QED) is 0.310. The minimum Gasteiger partial charge on any atom is -0.335 e. The highest BCUT2D eigenvalue weighted by Gasteiger charge is 2.31. The SMILES string of the molecule is Nn1c(SCC(=O)Nc2cc(C(F)(F)F)ccc2-n2cncn2)nnc1-c1ccc(Cl)cc1. The number of thioether (sulfide) groups is 1. The predicted octanol–water partition coefficient (Wildman–Crippen LogP) is 3.64. The Kier molecular flexibility index (Phi) is 6.24. The monoisotopic (exact) mass is 494 g/mol. The summed E-state index contributed by atoms with van der Waals surface area (Å²) in [5, 5.41) is 15.2. The second-order valence-corrected chi connectivity index (χ2v) is 7.97. The molecule has 0 fully saturated rings. The van der Waals surface area contributed by atoms with Gasteiger partial charge in [0.15, 0.2) is 5.82 Å². The van der Waals surface area contributed by atoms with Gasteiger partial charge < -0.3 is 11.2 Å². The lowest BCUT2D eigenvalue weighted by Crippen LogP contribution is -2.18. The molecule has 170 valence electrons. The van der Waals surface area contributed by atoms with Crippen LogP contribution >= 0.6 is 23.4 Å². The van der Waals surface area contributed by atoms with E-state index in [0.717, 1.165) is 23.9 Å². The molecule has 0 aliphatic carbocycles. The van der Waals surface area contributed by atoms with E-state index in [2.05, 4.69) is 25.6 Å². The van der Waals surface area contributed by atoms with Crippen LogP contribution in [0.25, 0.3) is 17.1 Å². The third-order valence-corrected chi connectivity index (χ3v) is 5.56. The molecule has 2 heterocycles. The second kappa shape index (κ2) is 9.11. The van der Waals surface area contributed by atoms with Gasteiger partial charge in [0.1, 0.15) is 12.7 Å². The van der Waals surface area contributed by atoms with Crippen LogP contribution in [0.2, 0.25) is 5.02 Å². The van der Waals surface area contributed by atoms with E-state index in [1.165, 1.54) is 28.1 Å². The third-order valence-electron chi connectivity index (χ3n) is 4.36. The van der Waals surface area contributed by atoms with Crippen molar-refractivity contribution in [2.75, 3.05) is 16.9 Å². The highest BCUT2D eigenvalue weighted by atomic mass is 35.5. The lowest BCUT2D eigenvalue weighted by Gasteiger charge is -2.14. The van der Waals surface area contributed by atoms with E-state index >= 15 is 0 Å². The van der Waals surface area contributed by atoms with Gasteiger partial charge in [0, 0.05) is 10.6 Å². The van der Waals surface area contributed by atoms with Crippen LogP contribution in [-0.4, -0.2) is 41.3 Å². The number of alkyl halides is 3. The summed E-state index contributed by atoms with van der Waals surface area (Å²) < 4.78 is 42.0. The van der Waals surface area contributed by atoms with Crippen LogP contribution in [0.4, 0.5) is 18.9 Å². The fraction of sp³-hybridized carbons (Fsp3) is 0.105. The number of anilines is 1. The van der Waals surface area contributed by atoms with Crippen LogP contribution in [0, 0.1) is 0 Å². The molecule has 0 aliphatic heterocycles. The first-order chi connectivity index (χ1) is 15.7. The lowest BCUT2D eigenvalue weighted by molar-refractivity contribution is -0.137. The standard InChI is InChI=1S/C19H14ClF3N8OS/c20-13-4-1-11(2-5-13)17-28-29-18(31(17)24)33-8-16(32)27-14-7-12(19(21,22)23)3-6-15(14)30-10-25-9-26-30/h1-7,9-10H,8,24H2,(H,27,32). The highest BCUT2D eigenvalue weighted by molar-refractivity contribution is 7.99. The molecule has 0 spiro atoms. The largest absolute Gasteiger partial charge is 0.416 e. The summed E-state index contributed by atoms with van der Waals surface area (Å²) >= 11 is 6.86. The van der Waals surface area contributed by atoms with Crippen molar-refractivity contribution in [2.24, 2.45) is 0 Å². The van der Waals surface area contributed by atoms with E-state index in [9.17, 15) is 18.0 Å². The fourth-order valence-corrected chi connectivity index (χ4v) is 3.62. The van der Waals surface area contributed by atoms with Gasteiger partial charge in [-0.25, -0.2) is 14.3 Å². The van der Waals surface area contributed by atoms with E-state index in [1.807, 2.05) is 0 Å². The van der Waals surface area contributed by atoms with E-state index in [1.54, 1.807) is 24.3 Å². The molecule has 0 saturated carbocycles. The van der Waals surface area contributed by atoms with Gasteiger partial charge in [0.05, 0.1) is 22.7 Å². The summed E-state index contributed by atoms with van der Waals surface area (Å²) in [6.07, 6.45) is -2.04. The van der Waals surface area contributed by atoms with Crippen LogP contribution in [-0.2, 0) is 11.0 Å². The van der Waals surface area contributed by atoms with Gasteiger partial charge in [-0.05, 0) is 42.5 Å². The van der Waals surface area contributed by atoms with Crippen LogP contribution < -0.4 is 11.2 Å². The molecule has 3 N–H and O–H groups in total. The zero-order chi connectivity index (χ0) is 23.6. The van der Waals surface area contributed by atoms with Crippen molar-refractivity contribution < 1.29 is 18.0 Å². The summed E-state index contributed by atoms with van der Waals surface area (Å²) in [6.45, 7) is 0. The number of aromatic nitrogens is 6. The predicted molar refractivity (Wildman–Crippen MR) is 116 cm³/mol. The maximum absolute atomic E-state index is 13.2. The zero-order valence-electron chi connectivity index (χ0n) is 16.5. The molecule has 2 aromatic carbocycles. The number of carbonyl (C=O) groups excluding carboxylic acids is 1. The Morgan fingerprint density at radius 3 is 2.58 bits per heavy atom. The minimum atomic E-state index is -4.58. The normalized spacial score (nSPS) is 11.5. The maximum Gasteiger partial charge on any atom is 0.416 e. The Balaban J connectivity index is 1.50. The van der Waals surface area contributed by atoms with Crippen LogP contribution in [0.15, 0.2) is 60.3 Å². The third kappa shape index (κ3) is 5.09. The smallest absolute Gasteiger partial charge is 0.335 e. The zero-order valence-corrected chi connectivity index (χ0v) is 18.1. The van der Waals surface area contributed by atoms with E-state index < -0.39 is 17.6 Å². The summed E-state index contributed by atoms with van der Waals surface area (Å²) in [5.74, 6) is 5.64. The van der Waals surface area contributed by atoms with Gasteiger partial charge in [-0.15, -0.1) is 10.2 Å². The van der Waals surface area contributed by atoms with Crippen molar-refractivity contribution in [2.45, 2.75) is 11.3 Å². The van der Waals surface area contributed by atoms with Gasteiger partial charge in [-0.2, -0.15) is 18.3 Å². The fourth-order valence-electron chi connectivity index (χ4n) is 2.83. The average Bonchev–Trinajstić information content (AvgIpc) is 3.42. The Labute approximate surface area is 193 Å². The molecule has 4 rings (SSSR count). The molecule has 2 aromatic heterocycles. The molecular formula is C19H14ClF3N8OS. The molecule has 0 saturated heterocycles. The highest BCUT2D eigenvalue weighted by Crippen LogP contribution is 2.33. The molecule has 0 atom stereocenters. The molecule has 0 radical (unpaired) electrons. The summed E-state index contributed by atoms with van der Waals surface area (Å²) in [6, 6.07) is 9.73. The molecule has 0 unspecified atom stereocenters. The number of rotatable bonds is 6. The van der Waals surface area contributed by atoms with Crippen molar-refractivity contribution in [1.29, 1.82) is 0 Å². The topological polar surface area (TPSA) is 117 Å². The van der Waals surface area contributed by atoms with Crippen molar-refractivity contribution in [3.05, 3.63) is 65.7 Å². The van der Waals surface area contributed by atoms with E-state index in [-0.39, 0.29) is 22.3 Å². The first kappa shape index (κ1) is 22.6. The van der Waals surface area contributed by atoms with Crippen LogP contribution in [0.5, 0.6) is 0 Å². The number of hydrogen-bond acceptors (Lipinski definition) is 7. The summed E-state index contributed by atoms with van der Waals surface area (Å²) in [5.41, 5.74) is -0.0846. The first-order valence-corrected chi connectivity index (χ1v) is 10.5. The number of nitrogen functional groups attached to an aromatic ring is 1. The molecule has 9 nitrogen and oxygen atoms in total. The molecule has 33 heavy (non-hydrogen) atoms. The number of nitrogens with zero attached hydrogens (tertiary/aromatic N) is 6. The molecule has 0 bridgehead atoms. The van der Waals surface area contributed by atoms with Crippen LogP contribution in [0.1, 0.15) is 5.56 Å². The Hall–Kier alpha value is -3.58. The van der Waals surface area contributed by atoms with Gasteiger partial charge in [0.25, 0.3) is 0 Å². The Morgan fingerprint density at radius 1 is 1.15 bits per heavy atom. The minimum absolute atomic E-state index is 0.0722. The molecule has 1 amide bonds. The first-order valence-electron chi connectivity index (χ1n) is 9.17. The Morgan fingerprint density at radius 2 is 1.91 bits per heavy atom. The Bertz CT molecular complexity index is 1280. The van der Waals surface area contributed by atoms with Crippen molar-refractivity contribution in [3.63, 3.8) is 0 Å². The molecule has 4 aromatic rings. The van der Waals surface area contributed by atoms with Crippen molar-refractivity contribution >= 4 is 35.0 Å². The van der Waals surface area contributed by atoms with Crippen molar-refractivity contribution in [3.8, 4) is 17.1 Å². The lowest BCUT2D eigenvalue weighted by atomic mass is 10.1. The average molecular weight is 495 g/mol. The van der Waals surface area contributed by atoms with E-state index in [0.29, 0.717) is 16.4 Å². The van der Waals surface area contributed by atoms with Gasteiger partial charge in [-0.3, -0.25) is 4.79 Å². The number of halogens is 4. The number of hydrogen-bond donors (Lipinski definition) is 2. The number of nitrogens with two attached hydrogens (primary N) is 1. The summed E-state index contributed by atoms with van der Waals surface area (Å²) in [7, 11) is 0. The van der Waals surface area contributed by atoms with Gasteiger partial charge >= 0.3 is 6.18 Å². The molecule has 14 heteroatoms. The number of carbonyl (C=O) groups is 1. The summed E-state index contributed by atoms with van der Waals surface area (Å²) in [4.78, 5) is 16.3. The number of benzene rings is 2. The maximum atomic E-state index is 13.2.